The van der Waals surface area contributed by atoms with E-state index in [4.69, 9.17) is 5.26 Å². The normalized spacial score (nSPS) is 14.7. The van der Waals surface area contributed by atoms with E-state index < -0.39 is 10.9 Å². The Morgan fingerprint density at radius 2 is 1.40 bits per heavy atom. The lowest BCUT2D eigenvalue weighted by Gasteiger charge is -2.34. The third-order valence-corrected chi connectivity index (χ3v) is 18.0. The van der Waals surface area contributed by atoms with Crippen molar-refractivity contribution in [2.75, 3.05) is 11.5 Å². The van der Waals surface area contributed by atoms with Gasteiger partial charge in [-0.2, -0.15) is 21.1 Å². The van der Waals surface area contributed by atoms with Crippen molar-refractivity contribution in [1.29, 1.82) is 5.26 Å². The largest absolute Gasteiger partial charge is 0.207 e. The second-order valence-corrected chi connectivity index (χ2v) is 20.3. The minimum absolute atomic E-state index is 0.0134. The zero-order chi connectivity index (χ0) is 16.1. The summed E-state index contributed by atoms with van der Waals surface area (Å²) in [6.45, 7) is 0. The number of thiol groups is 2. The summed E-state index contributed by atoms with van der Waals surface area (Å²) < 4.78 is -0.154. The van der Waals surface area contributed by atoms with Crippen molar-refractivity contribution in [3.8, 4) is 6.19 Å². The summed E-state index contributed by atoms with van der Waals surface area (Å²) >= 11 is 32.8. The number of alkyl halides is 8. The van der Waals surface area contributed by atoms with Gasteiger partial charge in [-0.3, -0.25) is 0 Å². The molecule has 0 N–H and O–H groups in total. The van der Waals surface area contributed by atoms with E-state index >= 15 is 0 Å². The summed E-state index contributed by atoms with van der Waals surface area (Å²) in [5.74, 6) is 1.44. The molecule has 0 radical (unpaired) electrons. The van der Waals surface area contributed by atoms with Crippen molar-refractivity contribution in [2.24, 2.45) is 4.99 Å². The van der Waals surface area contributed by atoms with E-state index in [1.165, 1.54) is 0 Å². The predicted molar refractivity (Wildman–Crippen MR) is 125 cm³/mol. The van der Waals surface area contributed by atoms with Crippen LogP contribution in [0.4, 0.5) is 0 Å². The summed E-state index contributed by atoms with van der Waals surface area (Å²) in [5.41, 5.74) is 0. The van der Waals surface area contributed by atoms with E-state index in [-0.39, 0.29) is 13.9 Å². The average molecular weight is 836 g/mol. The monoisotopic (exact) mass is 827 g/mol. The van der Waals surface area contributed by atoms with E-state index in [0.717, 1.165) is 11.5 Å². The molecule has 0 aliphatic carbocycles. The van der Waals surface area contributed by atoms with E-state index in [2.05, 4.69) is 145 Å². The van der Waals surface area contributed by atoms with Crippen molar-refractivity contribution < 1.29 is 0 Å². The van der Waals surface area contributed by atoms with Crippen molar-refractivity contribution in [3.63, 3.8) is 0 Å². The fourth-order valence-corrected chi connectivity index (χ4v) is 8.67. The van der Waals surface area contributed by atoms with E-state index in [0.29, 0.717) is 4.38 Å². The van der Waals surface area contributed by atoms with Crippen LogP contribution >= 0.6 is 151 Å². The molecule has 0 heterocycles. The van der Waals surface area contributed by atoms with Gasteiger partial charge in [-0.25, -0.2) is 0 Å². The molecule has 20 heavy (non-hydrogen) atoms. The third kappa shape index (κ3) is 8.70. The highest BCUT2D eigenvalue weighted by Gasteiger charge is 2.38. The summed E-state index contributed by atoms with van der Waals surface area (Å²) in [6.07, 6.45) is 1.80. The highest BCUT2D eigenvalue weighted by molar-refractivity contribution is 9.30. The van der Waals surface area contributed by atoms with Crippen LogP contribution in [-0.2, 0) is 0 Å². The number of aliphatic imine (C=N–C) groups is 1. The molecular formula is C8H8Br8N2S2. The van der Waals surface area contributed by atoms with Crippen LogP contribution in [0.3, 0.4) is 0 Å². The van der Waals surface area contributed by atoms with Gasteiger partial charge in [-0.15, -0.1) is 12.6 Å². The first-order chi connectivity index (χ1) is 8.94. The number of rotatable bonds is 6. The van der Waals surface area contributed by atoms with Crippen molar-refractivity contribution in [3.05, 3.63) is 0 Å². The molecule has 0 rings (SSSR count). The maximum atomic E-state index is 8.74. The van der Waals surface area contributed by atoms with Gasteiger partial charge in [0.05, 0.1) is 7.47 Å². The Bertz CT molecular complexity index is 370. The quantitative estimate of drug-likeness (QED) is 0.0982. The van der Waals surface area contributed by atoms with Gasteiger partial charge in [0.1, 0.15) is 10.8 Å². The summed E-state index contributed by atoms with van der Waals surface area (Å²) in [4.78, 5) is 3.78. The van der Waals surface area contributed by atoms with Crippen molar-refractivity contribution in [2.45, 2.75) is 13.9 Å². The highest BCUT2D eigenvalue weighted by atomic mass is 79.9. The topological polar surface area (TPSA) is 36.1 Å². The molecule has 0 saturated heterocycles. The van der Waals surface area contributed by atoms with Crippen LogP contribution in [0.15, 0.2) is 4.99 Å². The maximum Gasteiger partial charge on any atom is 0.207 e. The second-order valence-electron chi connectivity index (χ2n) is 3.49. The first-order valence-corrected chi connectivity index (χ1v) is 13.7. The number of hydrogen-bond donors (Lipinski definition) is 2. The zero-order valence-electron chi connectivity index (χ0n) is 9.38. The van der Waals surface area contributed by atoms with Crippen LogP contribution in [0, 0.1) is 11.5 Å². The molecule has 0 unspecified atom stereocenters. The molecule has 0 aliphatic rings. The first kappa shape index (κ1) is 23.7. The molecule has 0 aromatic carbocycles. The van der Waals surface area contributed by atoms with E-state index in [1.54, 1.807) is 6.19 Å². The molecule has 0 aromatic heterocycles. The lowest BCUT2D eigenvalue weighted by Crippen LogP contribution is -2.32. The summed E-state index contributed by atoms with van der Waals surface area (Å²) in [5, 5.41) is 8.74. The van der Waals surface area contributed by atoms with E-state index in [1.807, 2.05) is 0 Å². The SMILES string of the molecule is N#CN=C(S)[SH](CC(Br)(Br)C(Br)Br)CC(Br)(Br)C(Br)Br. The standard InChI is InChI=1S/C8H8Br8N2S2/c9-4(10)7(13,14)1-20(6(19)18-3-17)2-8(15,16)5(11)12/h4-5,20H,1-2H2,(H,18,19). The molecule has 0 aliphatic heterocycles. The Morgan fingerprint density at radius 3 is 1.65 bits per heavy atom. The van der Waals surface area contributed by atoms with Crippen LogP contribution in [-0.4, -0.2) is 29.8 Å². The predicted octanol–water partition coefficient (Wildman–Crippen LogP) is 6.96. The molecule has 118 valence electrons. The van der Waals surface area contributed by atoms with Crippen LogP contribution < -0.4 is 0 Å². The lowest BCUT2D eigenvalue weighted by molar-refractivity contribution is 1.05. The Labute approximate surface area is 194 Å². The summed E-state index contributed by atoms with van der Waals surface area (Å²) in [7, 11) is -0.785. The second kappa shape index (κ2) is 10.6. The molecule has 0 saturated carbocycles. The fraction of sp³-hybridized carbons (Fsp3) is 0.750. The Kier molecular flexibility index (Phi) is 12.6. The molecule has 2 nitrogen and oxygen atoms in total. The molecule has 0 amide bonds. The van der Waals surface area contributed by atoms with Crippen LogP contribution in [0.2, 0.25) is 0 Å². The average Bonchev–Trinajstić information content (AvgIpc) is 2.27. The minimum atomic E-state index is -0.785. The Balaban J connectivity index is 5.23. The van der Waals surface area contributed by atoms with Gasteiger partial charge in [0.2, 0.25) is 6.19 Å². The van der Waals surface area contributed by atoms with Gasteiger partial charge < -0.3 is 0 Å². The summed E-state index contributed by atoms with van der Waals surface area (Å²) in [6, 6.07) is 0. The minimum Gasteiger partial charge on any atom is -0.199 e. The molecule has 0 fully saturated rings. The van der Waals surface area contributed by atoms with Gasteiger partial charge in [-0.1, -0.05) is 127 Å². The van der Waals surface area contributed by atoms with Crippen LogP contribution in [0.1, 0.15) is 0 Å². The molecule has 0 bridgehead atoms. The highest BCUT2D eigenvalue weighted by Crippen LogP contribution is 2.51. The number of nitrogens with zero attached hydrogens (tertiary/aromatic N) is 2. The third-order valence-electron chi connectivity index (χ3n) is 1.87. The van der Waals surface area contributed by atoms with Gasteiger partial charge in [0.25, 0.3) is 0 Å². The zero-order valence-corrected chi connectivity index (χ0v) is 23.9. The van der Waals surface area contributed by atoms with Crippen molar-refractivity contribution >= 4 is 155 Å². The van der Waals surface area contributed by atoms with Crippen LogP contribution in [0.5, 0.6) is 0 Å². The van der Waals surface area contributed by atoms with Gasteiger partial charge >= 0.3 is 0 Å². The Morgan fingerprint density at radius 1 is 1.05 bits per heavy atom. The molecule has 0 atom stereocenters. The fourth-order valence-electron chi connectivity index (χ4n) is 0.960. The number of halogens is 8. The first-order valence-electron chi connectivity index (χ1n) is 4.66. The van der Waals surface area contributed by atoms with Gasteiger partial charge in [0.15, 0.2) is 0 Å². The molecule has 12 heteroatoms. The smallest absolute Gasteiger partial charge is 0.199 e. The van der Waals surface area contributed by atoms with Crippen molar-refractivity contribution in [1.82, 2.24) is 0 Å². The molecular weight excluding hydrogens is 827 g/mol. The number of nitriles is 1. The molecule has 0 aromatic rings. The molecule has 0 spiro atoms. The van der Waals surface area contributed by atoms with Crippen LogP contribution in [0.25, 0.3) is 0 Å². The van der Waals surface area contributed by atoms with E-state index in [9.17, 15) is 0 Å². The Hall–Kier alpha value is 3.70. The lowest BCUT2D eigenvalue weighted by atomic mass is 10.6. The van der Waals surface area contributed by atoms with Gasteiger partial charge in [0, 0.05) is 11.5 Å². The van der Waals surface area contributed by atoms with Gasteiger partial charge in [-0.05, 0) is 0 Å². The maximum absolute atomic E-state index is 8.74. The number of hydrogen-bond acceptors (Lipinski definition) is 2.